The van der Waals surface area contributed by atoms with E-state index in [4.69, 9.17) is 4.42 Å². The summed E-state index contributed by atoms with van der Waals surface area (Å²) in [6.45, 7) is 2.17. The molecule has 0 bridgehead atoms. The normalized spacial score (nSPS) is 14.9. The Hall–Kier alpha value is -2.48. The summed E-state index contributed by atoms with van der Waals surface area (Å²) in [5.41, 5.74) is 1.80. The van der Waals surface area contributed by atoms with Crippen LogP contribution in [0.2, 0.25) is 0 Å². The number of aryl methyl sites for hydroxylation is 1. The maximum atomic E-state index is 12.9. The first kappa shape index (κ1) is 17.9. The lowest BCUT2D eigenvalue weighted by Gasteiger charge is -2.13. The van der Waals surface area contributed by atoms with E-state index >= 15 is 0 Å². The van der Waals surface area contributed by atoms with Crippen molar-refractivity contribution in [1.29, 1.82) is 0 Å². The van der Waals surface area contributed by atoms with E-state index in [0.29, 0.717) is 22.0 Å². The molecular weight excluding hydrogens is 364 g/mol. The van der Waals surface area contributed by atoms with Crippen LogP contribution in [0.15, 0.2) is 38.8 Å². The highest BCUT2D eigenvalue weighted by Gasteiger charge is 2.19. The number of amides is 1. The van der Waals surface area contributed by atoms with Crippen LogP contribution in [0.25, 0.3) is 11.0 Å². The SMILES string of the molecule is Cc1cc2nc(SCC(=O)NC3CCCC3)n(Cc3ccco3)c(=O)c2[nH]1. The maximum absolute atomic E-state index is 12.9. The van der Waals surface area contributed by atoms with Crippen molar-refractivity contribution in [2.75, 3.05) is 5.75 Å². The molecular formula is C19H22N4O3S. The van der Waals surface area contributed by atoms with Crippen molar-refractivity contribution in [2.24, 2.45) is 0 Å². The predicted octanol–water partition coefficient (Wildman–Crippen LogP) is 2.83. The van der Waals surface area contributed by atoms with Crippen LogP contribution in [-0.4, -0.2) is 32.2 Å². The van der Waals surface area contributed by atoms with E-state index in [9.17, 15) is 9.59 Å². The number of furan rings is 1. The van der Waals surface area contributed by atoms with E-state index < -0.39 is 0 Å². The Bertz CT molecular complexity index is 1000. The third-order valence-electron chi connectivity index (χ3n) is 4.78. The number of aromatic nitrogens is 3. The smallest absolute Gasteiger partial charge is 0.278 e. The quantitative estimate of drug-likeness (QED) is 0.502. The van der Waals surface area contributed by atoms with Gasteiger partial charge in [-0.15, -0.1) is 0 Å². The highest BCUT2D eigenvalue weighted by molar-refractivity contribution is 7.99. The molecule has 3 aromatic rings. The van der Waals surface area contributed by atoms with Gasteiger partial charge in [0.25, 0.3) is 5.56 Å². The predicted molar refractivity (Wildman–Crippen MR) is 104 cm³/mol. The van der Waals surface area contributed by atoms with E-state index in [1.807, 2.05) is 19.1 Å². The second-order valence-electron chi connectivity index (χ2n) is 6.92. The van der Waals surface area contributed by atoms with Gasteiger partial charge in [0.05, 0.1) is 24.1 Å². The molecule has 142 valence electrons. The van der Waals surface area contributed by atoms with Crippen LogP contribution in [0.1, 0.15) is 37.1 Å². The maximum Gasteiger partial charge on any atom is 0.278 e. The Kier molecular flexibility index (Phi) is 5.07. The summed E-state index contributed by atoms with van der Waals surface area (Å²) < 4.78 is 6.95. The fraction of sp³-hybridized carbons (Fsp3) is 0.421. The minimum atomic E-state index is -0.164. The van der Waals surface area contributed by atoms with Gasteiger partial charge in [-0.25, -0.2) is 4.98 Å². The lowest BCUT2D eigenvalue weighted by Crippen LogP contribution is -2.34. The van der Waals surface area contributed by atoms with Gasteiger partial charge in [0.2, 0.25) is 5.91 Å². The Morgan fingerprint density at radius 3 is 3.00 bits per heavy atom. The number of rotatable bonds is 6. The van der Waals surface area contributed by atoms with Gasteiger partial charge in [-0.2, -0.15) is 0 Å². The number of carbonyl (C=O) groups excluding carboxylic acids is 1. The Balaban J connectivity index is 1.59. The first-order valence-corrected chi connectivity index (χ1v) is 10.1. The molecule has 0 spiro atoms. The summed E-state index contributed by atoms with van der Waals surface area (Å²) in [6, 6.07) is 5.73. The summed E-state index contributed by atoms with van der Waals surface area (Å²) in [4.78, 5) is 32.9. The van der Waals surface area contributed by atoms with Gasteiger partial charge in [-0.1, -0.05) is 24.6 Å². The molecule has 27 heavy (non-hydrogen) atoms. The van der Waals surface area contributed by atoms with Crippen LogP contribution >= 0.6 is 11.8 Å². The second-order valence-corrected chi connectivity index (χ2v) is 7.86. The molecule has 0 aromatic carbocycles. The zero-order valence-electron chi connectivity index (χ0n) is 15.2. The van der Waals surface area contributed by atoms with Crippen LogP contribution < -0.4 is 10.9 Å². The van der Waals surface area contributed by atoms with Crippen LogP contribution in [0.3, 0.4) is 0 Å². The lowest BCUT2D eigenvalue weighted by atomic mass is 10.2. The number of aromatic amines is 1. The largest absolute Gasteiger partial charge is 0.467 e. The lowest BCUT2D eigenvalue weighted by molar-refractivity contribution is -0.119. The van der Waals surface area contributed by atoms with Gasteiger partial charge in [0.15, 0.2) is 5.16 Å². The van der Waals surface area contributed by atoms with Gasteiger partial charge in [0.1, 0.15) is 11.3 Å². The Morgan fingerprint density at radius 2 is 2.26 bits per heavy atom. The highest BCUT2D eigenvalue weighted by Crippen LogP contribution is 2.21. The van der Waals surface area contributed by atoms with Gasteiger partial charge in [-0.05, 0) is 38.0 Å². The van der Waals surface area contributed by atoms with Crippen molar-refractivity contribution >= 4 is 28.7 Å². The molecule has 3 heterocycles. The van der Waals surface area contributed by atoms with E-state index in [2.05, 4.69) is 15.3 Å². The van der Waals surface area contributed by atoms with Crippen molar-refractivity contribution < 1.29 is 9.21 Å². The summed E-state index contributed by atoms with van der Waals surface area (Å²) in [5, 5.41) is 3.59. The molecule has 1 amide bonds. The third kappa shape index (κ3) is 3.95. The number of H-pyrrole nitrogens is 1. The summed E-state index contributed by atoms with van der Waals surface area (Å²) in [7, 11) is 0. The molecule has 1 saturated carbocycles. The average Bonchev–Trinajstić information content (AvgIpc) is 3.38. The number of hydrogen-bond acceptors (Lipinski definition) is 5. The molecule has 1 fully saturated rings. The molecule has 0 saturated heterocycles. The minimum absolute atomic E-state index is 0.0176. The molecule has 2 N–H and O–H groups in total. The van der Waals surface area contributed by atoms with E-state index in [0.717, 1.165) is 18.5 Å². The van der Waals surface area contributed by atoms with Crippen LogP contribution in [0.4, 0.5) is 0 Å². The fourth-order valence-electron chi connectivity index (χ4n) is 3.49. The van der Waals surface area contributed by atoms with Crippen molar-refractivity contribution in [3.05, 3.63) is 46.3 Å². The molecule has 0 unspecified atom stereocenters. The molecule has 4 rings (SSSR count). The highest BCUT2D eigenvalue weighted by atomic mass is 32.2. The van der Waals surface area contributed by atoms with Gasteiger partial charge in [-0.3, -0.25) is 14.2 Å². The Labute approximate surface area is 160 Å². The molecule has 0 radical (unpaired) electrons. The van der Waals surface area contributed by atoms with E-state index in [1.165, 1.54) is 24.6 Å². The zero-order valence-corrected chi connectivity index (χ0v) is 16.0. The van der Waals surface area contributed by atoms with Crippen LogP contribution in [0.5, 0.6) is 0 Å². The molecule has 3 aromatic heterocycles. The van der Waals surface area contributed by atoms with Gasteiger partial charge >= 0.3 is 0 Å². The first-order valence-electron chi connectivity index (χ1n) is 9.15. The van der Waals surface area contributed by atoms with Gasteiger partial charge < -0.3 is 14.7 Å². The third-order valence-corrected chi connectivity index (χ3v) is 5.76. The van der Waals surface area contributed by atoms with Crippen LogP contribution in [0, 0.1) is 6.92 Å². The number of nitrogens with zero attached hydrogens (tertiary/aromatic N) is 2. The second kappa shape index (κ2) is 7.64. The van der Waals surface area contributed by atoms with Crippen molar-refractivity contribution in [2.45, 2.75) is 50.4 Å². The molecule has 1 aliphatic carbocycles. The van der Waals surface area contributed by atoms with Crippen molar-refractivity contribution in [1.82, 2.24) is 19.9 Å². The summed E-state index contributed by atoms with van der Waals surface area (Å²) in [5.74, 6) is 0.880. The summed E-state index contributed by atoms with van der Waals surface area (Å²) in [6.07, 6.45) is 6.02. The molecule has 0 aliphatic heterocycles. The van der Waals surface area contributed by atoms with E-state index in [1.54, 1.807) is 16.9 Å². The van der Waals surface area contributed by atoms with Crippen LogP contribution in [-0.2, 0) is 11.3 Å². The number of thioether (sulfide) groups is 1. The number of nitrogens with one attached hydrogen (secondary N) is 2. The first-order chi connectivity index (χ1) is 13.1. The topological polar surface area (TPSA) is 92.9 Å². The standard InChI is InChI=1S/C19H22N4O3S/c1-12-9-15-17(20-12)18(25)23(10-14-7-4-8-26-14)19(22-15)27-11-16(24)21-13-5-2-3-6-13/h4,7-9,13,20H,2-3,5-6,10-11H2,1H3,(H,21,24). The fourth-order valence-corrected chi connectivity index (χ4v) is 4.30. The number of carbonyl (C=O) groups is 1. The molecule has 8 heteroatoms. The average molecular weight is 386 g/mol. The molecule has 0 atom stereocenters. The number of fused-ring (bicyclic) bond motifs is 1. The minimum Gasteiger partial charge on any atom is -0.467 e. The van der Waals surface area contributed by atoms with E-state index in [-0.39, 0.29) is 29.8 Å². The zero-order chi connectivity index (χ0) is 18.8. The molecule has 7 nitrogen and oxygen atoms in total. The van der Waals surface area contributed by atoms with Gasteiger partial charge in [0, 0.05) is 11.7 Å². The Morgan fingerprint density at radius 1 is 1.44 bits per heavy atom. The van der Waals surface area contributed by atoms with Crippen molar-refractivity contribution in [3.63, 3.8) is 0 Å². The van der Waals surface area contributed by atoms with Crippen molar-refractivity contribution in [3.8, 4) is 0 Å². The monoisotopic (exact) mass is 386 g/mol. The molecule has 1 aliphatic rings. The number of hydrogen-bond donors (Lipinski definition) is 2. The summed E-state index contributed by atoms with van der Waals surface area (Å²) >= 11 is 1.28.